The molecule has 39 heavy (non-hydrogen) atoms. The van der Waals surface area contributed by atoms with Crippen molar-refractivity contribution in [3.8, 4) is 0 Å². The molecule has 0 spiro atoms. The van der Waals surface area contributed by atoms with Crippen molar-refractivity contribution in [2.75, 3.05) is 32.1 Å². The van der Waals surface area contributed by atoms with Gasteiger partial charge in [0.05, 0.1) is 6.54 Å². The number of para-hydroxylation sites is 1. The zero-order valence-corrected chi connectivity index (χ0v) is 24.7. The Morgan fingerprint density at radius 2 is 1.56 bits per heavy atom. The number of fused-ring (bicyclic) bond motifs is 1. The van der Waals surface area contributed by atoms with Crippen molar-refractivity contribution in [3.63, 3.8) is 0 Å². The van der Waals surface area contributed by atoms with Crippen LogP contribution < -0.4 is 4.90 Å². The molecule has 3 rings (SSSR count). The maximum absolute atomic E-state index is 13.7. The summed E-state index contributed by atoms with van der Waals surface area (Å²) in [6.07, 6.45) is 10.2. The van der Waals surface area contributed by atoms with Gasteiger partial charge in [0.1, 0.15) is 0 Å². The predicted molar refractivity (Wildman–Crippen MR) is 163 cm³/mol. The van der Waals surface area contributed by atoms with Crippen molar-refractivity contribution in [1.29, 1.82) is 0 Å². The Bertz CT molecular complexity index is 1170. The summed E-state index contributed by atoms with van der Waals surface area (Å²) in [5.41, 5.74) is 4.52. The smallest absolute Gasteiger partial charge is 0.242 e. The Hall–Kier alpha value is -3.28. The van der Waals surface area contributed by atoms with Gasteiger partial charge in [-0.2, -0.15) is 0 Å². The molecule has 0 saturated carbocycles. The molecule has 0 atom stereocenters. The number of benzene rings is 2. The maximum Gasteiger partial charge on any atom is 0.242 e. The molecule has 0 saturated heterocycles. The Morgan fingerprint density at radius 1 is 0.872 bits per heavy atom. The first-order valence-corrected chi connectivity index (χ1v) is 14.7. The summed E-state index contributed by atoms with van der Waals surface area (Å²) in [5.74, 6) is 0.0808. The van der Waals surface area contributed by atoms with Crippen LogP contribution in [0.4, 0.5) is 5.69 Å². The SMILES string of the molecule is CCCCCCCCC(=O)N(CC(=O)N(CCc1c[nH]c2ccccc12)Cc1ccc(N(C)C)cc1)C(C)C. The maximum atomic E-state index is 13.7. The lowest BCUT2D eigenvalue weighted by Gasteiger charge is -2.30. The molecule has 0 bridgehead atoms. The number of amides is 2. The van der Waals surface area contributed by atoms with Crippen LogP contribution in [-0.4, -0.2) is 59.8 Å². The molecular weight excluding hydrogens is 484 g/mol. The fourth-order valence-corrected chi connectivity index (χ4v) is 5.01. The highest BCUT2D eigenvalue weighted by Crippen LogP contribution is 2.20. The van der Waals surface area contributed by atoms with Crippen LogP contribution in [0.5, 0.6) is 0 Å². The lowest BCUT2D eigenvalue weighted by molar-refractivity contribution is -0.142. The number of carbonyl (C=O) groups excluding carboxylic acids is 2. The second-order valence-corrected chi connectivity index (χ2v) is 11.1. The molecule has 1 N–H and O–H groups in total. The number of nitrogens with one attached hydrogen (secondary N) is 1. The van der Waals surface area contributed by atoms with Gasteiger partial charge in [-0.15, -0.1) is 0 Å². The van der Waals surface area contributed by atoms with Crippen molar-refractivity contribution in [3.05, 3.63) is 65.9 Å². The van der Waals surface area contributed by atoms with E-state index >= 15 is 0 Å². The first-order valence-electron chi connectivity index (χ1n) is 14.7. The molecular formula is C33H48N4O2. The number of aromatic amines is 1. The van der Waals surface area contributed by atoms with E-state index in [1.54, 1.807) is 4.90 Å². The lowest BCUT2D eigenvalue weighted by Crippen LogP contribution is -2.46. The largest absolute Gasteiger partial charge is 0.378 e. The predicted octanol–water partition coefficient (Wildman–Crippen LogP) is 6.79. The van der Waals surface area contributed by atoms with E-state index in [2.05, 4.69) is 53.2 Å². The zero-order chi connectivity index (χ0) is 28.2. The van der Waals surface area contributed by atoms with E-state index < -0.39 is 0 Å². The molecule has 1 heterocycles. The van der Waals surface area contributed by atoms with Crippen molar-refractivity contribution in [1.82, 2.24) is 14.8 Å². The van der Waals surface area contributed by atoms with Crippen LogP contribution in [0.1, 0.15) is 76.8 Å². The minimum absolute atomic E-state index is 0.00322. The van der Waals surface area contributed by atoms with Crippen LogP contribution >= 0.6 is 0 Å². The van der Waals surface area contributed by atoms with Crippen LogP contribution in [0.3, 0.4) is 0 Å². The molecule has 1 aromatic heterocycles. The first kappa shape index (κ1) is 30.3. The number of nitrogens with zero attached hydrogens (tertiary/aromatic N) is 3. The quantitative estimate of drug-likeness (QED) is 0.207. The van der Waals surface area contributed by atoms with Gasteiger partial charge in [0, 0.05) is 62.4 Å². The molecule has 0 aliphatic rings. The average Bonchev–Trinajstić information content (AvgIpc) is 3.34. The molecule has 3 aromatic rings. The highest BCUT2D eigenvalue weighted by molar-refractivity contribution is 5.85. The summed E-state index contributed by atoms with van der Waals surface area (Å²) < 4.78 is 0. The monoisotopic (exact) mass is 532 g/mol. The van der Waals surface area contributed by atoms with Gasteiger partial charge in [-0.1, -0.05) is 69.4 Å². The number of hydrogen-bond donors (Lipinski definition) is 1. The third-order valence-electron chi connectivity index (χ3n) is 7.50. The molecule has 0 radical (unpaired) electrons. The second-order valence-electron chi connectivity index (χ2n) is 11.1. The number of rotatable bonds is 16. The third-order valence-corrected chi connectivity index (χ3v) is 7.50. The minimum Gasteiger partial charge on any atom is -0.378 e. The molecule has 0 fully saturated rings. The van der Waals surface area contributed by atoms with Crippen LogP contribution in [0.25, 0.3) is 10.9 Å². The van der Waals surface area contributed by atoms with Crippen molar-refractivity contribution in [2.24, 2.45) is 0 Å². The van der Waals surface area contributed by atoms with E-state index in [0.29, 0.717) is 19.5 Å². The first-order chi connectivity index (χ1) is 18.8. The van der Waals surface area contributed by atoms with Crippen LogP contribution in [0, 0.1) is 0 Å². The van der Waals surface area contributed by atoms with Gasteiger partial charge in [0.15, 0.2) is 0 Å². The molecule has 6 nitrogen and oxygen atoms in total. The van der Waals surface area contributed by atoms with Gasteiger partial charge >= 0.3 is 0 Å². The Balaban J connectivity index is 1.69. The molecule has 6 heteroatoms. The number of H-pyrrole nitrogens is 1. The topological polar surface area (TPSA) is 59.7 Å². The van der Waals surface area contributed by atoms with Crippen molar-refractivity contribution >= 4 is 28.4 Å². The summed E-state index contributed by atoms with van der Waals surface area (Å²) in [5, 5.41) is 1.19. The van der Waals surface area contributed by atoms with E-state index in [4.69, 9.17) is 0 Å². The number of unbranched alkanes of at least 4 members (excludes halogenated alkanes) is 5. The Labute approximate surface area is 235 Å². The van der Waals surface area contributed by atoms with E-state index in [9.17, 15) is 9.59 Å². The third kappa shape index (κ3) is 9.15. The molecule has 212 valence electrons. The molecule has 2 amide bonds. The minimum atomic E-state index is -0.0172. The Morgan fingerprint density at radius 3 is 2.26 bits per heavy atom. The normalized spacial score (nSPS) is 11.2. The fourth-order valence-electron chi connectivity index (χ4n) is 5.01. The van der Waals surface area contributed by atoms with Gasteiger partial charge in [0.25, 0.3) is 0 Å². The van der Waals surface area contributed by atoms with Gasteiger partial charge in [-0.05, 0) is 56.0 Å². The van der Waals surface area contributed by atoms with Crippen molar-refractivity contribution < 1.29 is 9.59 Å². The molecule has 2 aromatic carbocycles. The summed E-state index contributed by atoms with van der Waals surface area (Å²) in [4.78, 5) is 36.0. The molecule has 0 unspecified atom stereocenters. The molecule has 0 aliphatic heterocycles. The number of anilines is 1. The number of hydrogen-bond acceptors (Lipinski definition) is 3. The van der Waals surface area contributed by atoms with Crippen LogP contribution in [-0.2, 0) is 22.6 Å². The highest BCUT2D eigenvalue weighted by atomic mass is 16.2. The average molecular weight is 533 g/mol. The van der Waals surface area contributed by atoms with E-state index in [-0.39, 0.29) is 24.4 Å². The number of carbonyl (C=O) groups is 2. The summed E-state index contributed by atoms with van der Waals surface area (Å²) in [7, 11) is 4.05. The number of aromatic nitrogens is 1. The highest BCUT2D eigenvalue weighted by Gasteiger charge is 2.23. The summed E-state index contributed by atoms with van der Waals surface area (Å²) in [6, 6.07) is 16.6. The Kier molecular flexibility index (Phi) is 11.9. The van der Waals surface area contributed by atoms with Crippen LogP contribution in [0.15, 0.2) is 54.7 Å². The van der Waals surface area contributed by atoms with Gasteiger partial charge in [0.2, 0.25) is 11.8 Å². The van der Waals surface area contributed by atoms with E-state index in [0.717, 1.165) is 36.0 Å². The lowest BCUT2D eigenvalue weighted by atomic mass is 10.1. The van der Waals surface area contributed by atoms with Crippen molar-refractivity contribution in [2.45, 2.75) is 84.7 Å². The summed E-state index contributed by atoms with van der Waals surface area (Å²) in [6.45, 7) is 7.45. The molecule has 0 aliphatic carbocycles. The zero-order valence-electron chi connectivity index (χ0n) is 24.7. The van der Waals surface area contributed by atoms with E-state index in [1.807, 2.05) is 51.2 Å². The fraction of sp³-hybridized carbons (Fsp3) is 0.515. The van der Waals surface area contributed by atoms with Gasteiger partial charge < -0.3 is 19.7 Å². The second kappa shape index (κ2) is 15.3. The van der Waals surface area contributed by atoms with E-state index in [1.165, 1.54) is 36.6 Å². The van der Waals surface area contributed by atoms with Gasteiger partial charge in [-0.25, -0.2) is 0 Å². The standard InChI is InChI=1S/C33H48N4O2/c1-6-7-8-9-10-11-16-32(38)37(26(2)3)25-33(39)36(24-27-17-19-29(20-18-27)35(4)5)22-21-28-23-34-31-15-13-12-14-30(28)31/h12-15,17-20,23,26,34H,6-11,16,21-22,24-25H2,1-5H3. The summed E-state index contributed by atoms with van der Waals surface area (Å²) >= 11 is 0. The van der Waals surface area contributed by atoms with Crippen LogP contribution in [0.2, 0.25) is 0 Å². The van der Waals surface area contributed by atoms with Gasteiger partial charge in [-0.3, -0.25) is 9.59 Å².